The summed E-state index contributed by atoms with van der Waals surface area (Å²) in [5, 5.41) is 10.5. The Morgan fingerprint density at radius 2 is 1.04 bits per heavy atom. The van der Waals surface area contributed by atoms with E-state index in [0.29, 0.717) is 3.93 Å². The van der Waals surface area contributed by atoms with Gasteiger partial charge in [0.1, 0.15) is 0 Å². The first kappa shape index (κ1) is 17.8. The third kappa shape index (κ3) is 3.23. The summed E-state index contributed by atoms with van der Waals surface area (Å²) in [5.41, 5.74) is 0. The molecular weight excluding hydrogens is 423 g/mol. The molecule has 132 valence electrons. The van der Waals surface area contributed by atoms with Gasteiger partial charge in [0.2, 0.25) is 0 Å². The zero-order valence-corrected chi connectivity index (χ0v) is 17.9. The van der Waals surface area contributed by atoms with Crippen LogP contribution in [0, 0.1) is 0 Å². The van der Waals surface area contributed by atoms with Gasteiger partial charge in [-0.15, -0.1) is 0 Å². The Morgan fingerprint density at radius 3 is 1.42 bits per heavy atom. The van der Waals surface area contributed by atoms with Gasteiger partial charge in [0.05, 0.1) is 0 Å². The number of hydrogen-bond donors (Lipinski definition) is 1. The number of hydrogen-bond acceptors (Lipinski definition) is 1. The van der Waals surface area contributed by atoms with Gasteiger partial charge in [-0.2, -0.15) is 0 Å². The van der Waals surface area contributed by atoms with Crippen molar-refractivity contribution in [3.63, 3.8) is 0 Å². The Balaban J connectivity index is 2.00. The van der Waals surface area contributed by atoms with E-state index in [9.17, 15) is 5.11 Å². The molecule has 2 atom stereocenters. The second-order valence-electron chi connectivity index (χ2n) is 7.42. The summed E-state index contributed by atoms with van der Waals surface area (Å²) in [5.74, 6) is 0. The Kier molecular flexibility index (Phi) is 5.46. The average molecular weight is 449 g/mol. The van der Waals surface area contributed by atoms with E-state index in [1.807, 2.05) is 0 Å². The molecule has 0 aliphatic heterocycles. The third-order valence-electron chi connectivity index (χ3n) is 5.95. The molecule has 26 heavy (non-hydrogen) atoms. The van der Waals surface area contributed by atoms with E-state index >= 15 is 0 Å². The van der Waals surface area contributed by atoms with Crippen LogP contribution < -0.4 is 10.7 Å². The number of aliphatic hydroxyl groups excluding tert-OH is 1. The van der Waals surface area contributed by atoms with Gasteiger partial charge in [-0.05, 0) is 0 Å². The zero-order valence-electron chi connectivity index (χ0n) is 15.1. The monoisotopic (exact) mass is 450 g/mol. The van der Waals surface area contributed by atoms with E-state index in [2.05, 4.69) is 91.0 Å². The van der Waals surface area contributed by atoms with Crippen LogP contribution >= 0.6 is 0 Å². The van der Waals surface area contributed by atoms with Gasteiger partial charge in [0.15, 0.2) is 0 Å². The van der Waals surface area contributed by atoms with Crippen molar-refractivity contribution in [1.82, 2.24) is 0 Å². The first-order chi connectivity index (χ1) is 12.8. The average Bonchev–Trinajstić information content (AvgIpc) is 2.71. The fourth-order valence-corrected chi connectivity index (χ4v) is 21.5. The van der Waals surface area contributed by atoms with Crippen LogP contribution in [0.1, 0.15) is 25.7 Å². The van der Waals surface area contributed by atoms with Crippen LogP contribution in [0.3, 0.4) is 0 Å². The van der Waals surface area contributed by atoms with Crippen molar-refractivity contribution >= 4 is 29.1 Å². The summed E-state index contributed by atoms with van der Waals surface area (Å²) in [7, 11) is 0. The zero-order chi connectivity index (χ0) is 17.8. The fourth-order valence-electron chi connectivity index (χ4n) is 4.87. The van der Waals surface area contributed by atoms with Crippen molar-refractivity contribution in [2.45, 2.75) is 35.7 Å². The maximum atomic E-state index is 10.5. The molecule has 0 unspecified atom stereocenters. The second kappa shape index (κ2) is 7.97. The van der Waals surface area contributed by atoms with Crippen LogP contribution in [0.25, 0.3) is 0 Å². The van der Waals surface area contributed by atoms with Gasteiger partial charge < -0.3 is 0 Å². The minimum atomic E-state index is -3.25. The number of benzene rings is 3. The first-order valence-electron chi connectivity index (χ1n) is 9.66. The van der Waals surface area contributed by atoms with Gasteiger partial charge >= 0.3 is 161 Å². The van der Waals surface area contributed by atoms with E-state index in [1.165, 1.54) is 17.2 Å². The third-order valence-corrected chi connectivity index (χ3v) is 21.6. The molecule has 0 heterocycles. The van der Waals surface area contributed by atoms with Gasteiger partial charge in [0, 0.05) is 0 Å². The molecule has 0 amide bonds. The van der Waals surface area contributed by atoms with Gasteiger partial charge in [0.25, 0.3) is 0 Å². The first-order valence-corrected chi connectivity index (χ1v) is 15.6. The van der Waals surface area contributed by atoms with Crippen LogP contribution in [0.5, 0.6) is 0 Å². The Morgan fingerprint density at radius 1 is 0.615 bits per heavy atom. The summed E-state index contributed by atoms with van der Waals surface area (Å²) in [6, 6.07) is 33.5. The standard InChI is InChI=1S/C6H11O.3C6H5.Sn/c7-6-4-2-1-3-5-6;3*1-2-4-6-5-3-1;/h2,6-7H,1,3-5H2;3*1-5H;/t6-;;;;/m1..../s1. The van der Waals surface area contributed by atoms with E-state index in [1.54, 1.807) is 0 Å². The summed E-state index contributed by atoms with van der Waals surface area (Å²) in [6.07, 6.45) is 4.11. The Labute approximate surface area is 160 Å². The molecule has 0 saturated heterocycles. The van der Waals surface area contributed by atoms with Crippen molar-refractivity contribution < 1.29 is 5.11 Å². The molecule has 0 aromatic heterocycles. The van der Waals surface area contributed by atoms with Crippen molar-refractivity contribution in [3.8, 4) is 0 Å². The fraction of sp³-hybridized carbons (Fsp3) is 0.250. The summed E-state index contributed by atoms with van der Waals surface area (Å²) in [6.45, 7) is 0. The van der Waals surface area contributed by atoms with E-state index in [-0.39, 0.29) is 6.10 Å². The van der Waals surface area contributed by atoms with Crippen molar-refractivity contribution in [1.29, 1.82) is 0 Å². The Hall–Kier alpha value is -1.58. The van der Waals surface area contributed by atoms with Crippen LogP contribution in [0.4, 0.5) is 0 Å². The van der Waals surface area contributed by atoms with Crippen molar-refractivity contribution in [2.24, 2.45) is 0 Å². The van der Waals surface area contributed by atoms with Crippen LogP contribution in [0.2, 0.25) is 3.93 Å². The molecule has 3 aromatic carbocycles. The molecule has 2 heteroatoms. The predicted molar refractivity (Wildman–Crippen MR) is 112 cm³/mol. The number of aliphatic hydroxyl groups is 1. The second-order valence-corrected chi connectivity index (χ2v) is 19.3. The van der Waals surface area contributed by atoms with E-state index in [4.69, 9.17) is 0 Å². The molecule has 1 aliphatic carbocycles. The van der Waals surface area contributed by atoms with Gasteiger partial charge in [-0.1, -0.05) is 0 Å². The quantitative estimate of drug-likeness (QED) is 0.606. The molecule has 1 fully saturated rings. The molecule has 1 aliphatic rings. The van der Waals surface area contributed by atoms with Crippen LogP contribution in [-0.4, -0.2) is 29.6 Å². The van der Waals surface area contributed by atoms with Crippen LogP contribution in [-0.2, 0) is 0 Å². The minimum absolute atomic E-state index is 0.152. The van der Waals surface area contributed by atoms with E-state index in [0.717, 1.165) is 19.3 Å². The van der Waals surface area contributed by atoms with Crippen molar-refractivity contribution in [3.05, 3.63) is 91.0 Å². The molecule has 1 nitrogen and oxygen atoms in total. The van der Waals surface area contributed by atoms with E-state index < -0.39 is 18.4 Å². The Bertz CT molecular complexity index is 720. The summed E-state index contributed by atoms with van der Waals surface area (Å²) in [4.78, 5) is 0. The molecule has 0 bridgehead atoms. The summed E-state index contributed by atoms with van der Waals surface area (Å²) < 4.78 is 5.16. The predicted octanol–water partition coefficient (Wildman–Crippen LogP) is 3.46. The van der Waals surface area contributed by atoms with Gasteiger partial charge in [-0.3, -0.25) is 0 Å². The van der Waals surface area contributed by atoms with Crippen molar-refractivity contribution in [2.75, 3.05) is 0 Å². The molecular formula is C24H26OSn. The SMILES string of the molecule is O[C@H]1CCC[C@@H]([Sn]([c]2ccccc2)([c]2ccccc2)[c]2ccccc2)C1. The summed E-state index contributed by atoms with van der Waals surface area (Å²) >= 11 is -3.25. The molecule has 0 spiro atoms. The molecule has 1 saturated carbocycles. The van der Waals surface area contributed by atoms with Gasteiger partial charge in [-0.25, -0.2) is 0 Å². The topological polar surface area (TPSA) is 20.2 Å². The normalized spacial score (nSPS) is 20.7. The molecule has 0 radical (unpaired) electrons. The molecule has 1 N–H and O–H groups in total. The molecule has 4 rings (SSSR count). The number of rotatable bonds is 4. The maximum absolute atomic E-state index is 10.5. The van der Waals surface area contributed by atoms with Crippen LogP contribution in [0.15, 0.2) is 91.0 Å². The molecule has 3 aromatic rings.